The van der Waals surface area contributed by atoms with Gasteiger partial charge in [0.25, 0.3) is 0 Å². The number of anilines is 2. The van der Waals surface area contributed by atoms with Gasteiger partial charge in [-0.3, -0.25) is 0 Å². The quantitative estimate of drug-likeness (QED) is 0.460. The van der Waals surface area contributed by atoms with Crippen LogP contribution in [0.3, 0.4) is 0 Å². The fraction of sp³-hybridized carbons (Fsp3) is 0.333. The molecule has 1 atom stereocenters. The molecule has 4 rings (SSSR count). The largest absolute Gasteiger partial charge is 0.465 e. The van der Waals surface area contributed by atoms with Gasteiger partial charge in [-0.15, -0.1) is 0 Å². The predicted molar refractivity (Wildman–Crippen MR) is 117 cm³/mol. The molecule has 9 heteroatoms. The highest BCUT2D eigenvalue weighted by Gasteiger charge is 2.24. The molecule has 0 aliphatic carbocycles. The number of ether oxygens (including phenoxy) is 2. The molecule has 1 N–H and O–H groups in total. The van der Waals surface area contributed by atoms with Gasteiger partial charge in [0.2, 0.25) is 0 Å². The van der Waals surface area contributed by atoms with Gasteiger partial charge in [0.05, 0.1) is 53.6 Å². The normalized spacial score (nSPS) is 16.6. The minimum Gasteiger partial charge on any atom is -0.465 e. The Morgan fingerprint density at radius 3 is 2.97 bits per heavy atom. The summed E-state index contributed by atoms with van der Waals surface area (Å²) in [7, 11) is 1.26. The number of methoxy groups -OCH3 is 1. The molecule has 0 saturated carbocycles. The van der Waals surface area contributed by atoms with E-state index in [0.29, 0.717) is 22.8 Å². The van der Waals surface area contributed by atoms with E-state index in [-0.39, 0.29) is 22.9 Å². The molecule has 0 amide bonds. The van der Waals surface area contributed by atoms with E-state index in [1.54, 1.807) is 30.6 Å². The van der Waals surface area contributed by atoms with Crippen LogP contribution in [0.5, 0.6) is 0 Å². The molecule has 2 aromatic carbocycles. The smallest absolute Gasteiger partial charge is 0.340 e. The SMILES string of the molecule is COC(=O)c1cc2c(ncn2CC2CCCCO2)c(F)c1Nc1ccc(Br)cc1Cl. The van der Waals surface area contributed by atoms with Crippen molar-refractivity contribution in [3.63, 3.8) is 0 Å². The van der Waals surface area contributed by atoms with Crippen molar-refractivity contribution in [1.82, 2.24) is 9.55 Å². The third-order valence-electron chi connectivity index (χ3n) is 5.13. The van der Waals surface area contributed by atoms with E-state index < -0.39 is 11.8 Å². The van der Waals surface area contributed by atoms with Crippen molar-refractivity contribution in [3.05, 3.63) is 51.5 Å². The lowest BCUT2D eigenvalue weighted by atomic mass is 10.1. The molecule has 1 fully saturated rings. The number of imidazole rings is 1. The maximum absolute atomic E-state index is 15.5. The molecule has 6 nitrogen and oxygen atoms in total. The Morgan fingerprint density at radius 1 is 1.43 bits per heavy atom. The summed E-state index contributed by atoms with van der Waals surface area (Å²) < 4.78 is 28.8. The molecule has 1 aliphatic heterocycles. The second-order valence-corrected chi connectivity index (χ2v) is 8.43. The number of halogens is 3. The number of carbonyl (C=O) groups is 1. The van der Waals surface area contributed by atoms with Crippen molar-refractivity contribution >= 4 is 55.9 Å². The highest BCUT2D eigenvalue weighted by atomic mass is 79.9. The van der Waals surface area contributed by atoms with Crippen LogP contribution in [-0.4, -0.2) is 35.3 Å². The van der Waals surface area contributed by atoms with Crippen molar-refractivity contribution in [2.45, 2.75) is 31.9 Å². The Morgan fingerprint density at radius 2 is 2.27 bits per heavy atom. The molecular formula is C21H20BrClFN3O3. The first-order chi connectivity index (χ1) is 14.5. The molecule has 0 spiro atoms. The van der Waals surface area contributed by atoms with E-state index in [0.717, 1.165) is 30.3 Å². The van der Waals surface area contributed by atoms with Gasteiger partial charge in [0.1, 0.15) is 5.52 Å². The Bertz CT molecular complexity index is 1100. The van der Waals surface area contributed by atoms with Crippen molar-refractivity contribution < 1.29 is 18.7 Å². The highest BCUT2D eigenvalue weighted by molar-refractivity contribution is 9.10. The third-order valence-corrected chi connectivity index (χ3v) is 5.93. The lowest BCUT2D eigenvalue weighted by Crippen LogP contribution is -2.24. The van der Waals surface area contributed by atoms with Crippen molar-refractivity contribution in [1.29, 1.82) is 0 Å². The van der Waals surface area contributed by atoms with E-state index in [9.17, 15) is 4.79 Å². The van der Waals surface area contributed by atoms with Crippen molar-refractivity contribution in [3.8, 4) is 0 Å². The molecule has 1 aromatic heterocycles. The second kappa shape index (κ2) is 8.91. The summed E-state index contributed by atoms with van der Waals surface area (Å²) in [6.07, 6.45) is 4.70. The van der Waals surface area contributed by atoms with E-state index >= 15 is 4.39 Å². The van der Waals surface area contributed by atoms with E-state index in [4.69, 9.17) is 21.1 Å². The Kier molecular flexibility index (Phi) is 6.26. The molecule has 3 aromatic rings. The van der Waals surface area contributed by atoms with Crippen molar-refractivity contribution in [2.24, 2.45) is 0 Å². The summed E-state index contributed by atoms with van der Waals surface area (Å²) >= 11 is 9.60. The molecule has 30 heavy (non-hydrogen) atoms. The fourth-order valence-corrected chi connectivity index (χ4v) is 4.31. The Balaban J connectivity index is 1.77. The zero-order chi connectivity index (χ0) is 21.3. The van der Waals surface area contributed by atoms with Gasteiger partial charge in [-0.05, 0) is 43.5 Å². The van der Waals surface area contributed by atoms with Crippen LogP contribution in [0.2, 0.25) is 5.02 Å². The van der Waals surface area contributed by atoms with Gasteiger partial charge in [0.15, 0.2) is 5.82 Å². The highest BCUT2D eigenvalue weighted by Crippen LogP contribution is 2.35. The first-order valence-corrected chi connectivity index (χ1v) is 10.7. The fourth-order valence-electron chi connectivity index (χ4n) is 3.59. The van der Waals surface area contributed by atoms with Crippen LogP contribution in [0, 0.1) is 5.82 Å². The van der Waals surface area contributed by atoms with Crippen LogP contribution in [0.4, 0.5) is 15.8 Å². The van der Waals surface area contributed by atoms with Gasteiger partial charge >= 0.3 is 5.97 Å². The lowest BCUT2D eigenvalue weighted by Gasteiger charge is -2.23. The number of hydrogen-bond donors (Lipinski definition) is 1. The van der Waals surface area contributed by atoms with Gasteiger partial charge in [-0.2, -0.15) is 0 Å². The minimum atomic E-state index is -0.659. The van der Waals surface area contributed by atoms with Crippen LogP contribution >= 0.6 is 27.5 Å². The number of rotatable bonds is 5. The average molecular weight is 497 g/mol. The van der Waals surface area contributed by atoms with Gasteiger partial charge < -0.3 is 19.4 Å². The number of fused-ring (bicyclic) bond motifs is 1. The number of hydrogen-bond acceptors (Lipinski definition) is 5. The summed E-state index contributed by atoms with van der Waals surface area (Å²) in [5.74, 6) is -1.30. The van der Waals surface area contributed by atoms with Gasteiger partial charge in [-0.25, -0.2) is 14.2 Å². The predicted octanol–water partition coefficient (Wildman–Crippen LogP) is 5.69. The standard InChI is InChI=1S/C21H20BrClFN3O3/c1-29-21(28)14-9-17-20(25-11-27(17)10-13-4-2-3-7-30-13)18(24)19(14)26-16-6-5-12(22)8-15(16)23/h5-6,8-9,11,13,26H,2-4,7,10H2,1H3. The van der Waals surface area contributed by atoms with E-state index in [2.05, 4.69) is 26.2 Å². The first kappa shape index (κ1) is 21.1. The number of aromatic nitrogens is 2. The van der Waals surface area contributed by atoms with Crippen LogP contribution in [0.25, 0.3) is 11.0 Å². The maximum Gasteiger partial charge on any atom is 0.340 e. The Hall–Kier alpha value is -2.16. The zero-order valence-corrected chi connectivity index (χ0v) is 18.6. The summed E-state index contributed by atoms with van der Waals surface area (Å²) in [6, 6.07) is 6.73. The van der Waals surface area contributed by atoms with Crippen molar-refractivity contribution in [2.75, 3.05) is 19.0 Å². The lowest BCUT2D eigenvalue weighted by molar-refractivity contribution is 0.00661. The molecule has 2 heterocycles. The number of esters is 1. The second-order valence-electron chi connectivity index (χ2n) is 7.11. The number of nitrogens with zero attached hydrogens (tertiary/aromatic N) is 2. The number of carbonyl (C=O) groups excluding carboxylic acids is 1. The molecule has 1 aliphatic rings. The van der Waals surface area contributed by atoms with Crippen LogP contribution in [0.1, 0.15) is 29.6 Å². The molecule has 1 unspecified atom stereocenters. The first-order valence-electron chi connectivity index (χ1n) is 9.57. The maximum atomic E-state index is 15.5. The molecular weight excluding hydrogens is 477 g/mol. The average Bonchev–Trinajstić information content (AvgIpc) is 3.14. The molecule has 158 valence electrons. The number of nitrogens with one attached hydrogen (secondary N) is 1. The summed E-state index contributed by atoms with van der Waals surface area (Å²) in [5.41, 5.74) is 1.16. The monoisotopic (exact) mass is 495 g/mol. The Labute approximate surface area is 186 Å². The molecule has 0 bridgehead atoms. The summed E-state index contributed by atoms with van der Waals surface area (Å²) in [4.78, 5) is 16.7. The van der Waals surface area contributed by atoms with Crippen LogP contribution in [-0.2, 0) is 16.0 Å². The topological polar surface area (TPSA) is 65.4 Å². The van der Waals surface area contributed by atoms with Gasteiger partial charge in [-0.1, -0.05) is 27.5 Å². The summed E-state index contributed by atoms with van der Waals surface area (Å²) in [5, 5.41) is 3.31. The van der Waals surface area contributed by atoms with Crippen LogP contribution < -0.4 is 5.32 Å². The number of benzene rings is 2. The third kappa shape index (κ3) is 4.17. The molecule has 0 radical (unpaired) electrons. The van der Waals surface area contributed by atoms with Crippen LogP contribution in [0.15, 0.2) is 35.1 Å². The summed E-state index contributed by atoms with van der Waals surface area (Å²) in [6.45, 7) is 1.27. The van der Waals surface area contributed by atoms with Gasteiger partial charge in [0, 0.05) is 11.1 Å². The van der Waals surface area contributed by atoms with E-state index in [1.165, 1.54) is 7.11 Å². The zero-order valence-electron chi connectivity index (χ0n) is 16.3. The minimum absolute atomic E-state index is 0.0299. The molecule has 1 saturated heterocycles. The van der Waals surface area contributed by atoms with E-state index in [1.807, 2.05) is 4.57 Å².